The second-order valence-electron chi connectivity index (χ2n) is 4.21. The predicted octanol–water partition coefficient (Wildman–Crippen LogP) is 3.35. The number of hydrogen-bond acceptors (Lipinski definition) is 1. The highest BCUT2D eigenvalue weighted by atomic mass is 15.3. The van der Waals surface area contributed by atoms with Crippen molar-refractivity contribution in [2.24, 2.45) is 7.05 Å². The van der Waals surface area contributed by atoms with Crippen LogP contribution in [0.3, 0.4) is 0 Å². The van der Waals surface area contributed by atoms with Crippen molar-refractivity contribution in [3.8, 4) is 11.3 Å². The molecule has 2 rings (SSSR count). The van der Waals surface area contributed by atoms with E-state index in [0.29, 0.717) is 0 Å². The van der Waals surface area contributed by atoms with Crippen LogP contribution < -0.4 is 0 Å². The topological polar surface area (TPSA) is 17.8 Å². The molecule has 1 aromatic heterocycles. The van der Waals surface area contributed by atoms with E-state index < -0.39 is 0 Å². The third-order valence-electron chi connectivity index (χ3n) is 2.93. The molecule has 0 aliphatic heterocycles. The van der Waals surface area contributed by atoms with Gasteiger partial charge in [0.2, 0.25) is 0 Å². The van der Waals surface area contributed by atoms with Crippen molar-refractivity contribution in [1.29, 1.82) is 0 Å². The Morgan fingerprint density at radius 1 is 1.25 bits per heavy atom. The molecule has 1 aromatic carbocycles. The molecule has 0 aliphatic rings. The number of rotatable bonds is 3. The van der Waals surface area contributed by atoms with Gasteiger partial charge in [-0.1, -0.05) is 37.6 Å². The number of hydrogen-bond donors (Lipinski definition) is 0. The molecule has 0 amide bonds. The molecule has 16 heavy (non-hydrogen) atoms. The zero-order chi connectivity index (χ0) is 11.5. The van der Waals surface area contributed by atoms with E-state index in [1.165, 1.54) is 22.4 Å². The molecule has 84 valence electrons. The highest BCUT2D eigenvalue weighted by Crippen LogP contribution is 2.26. The van der Waals surface area contributed by atoms with Crippen LogP contribution in [-0.4, -0.2) is 9.78 Å². The fourth-order valence-corrected chi connectivity index (χ4v) is 2.12. The van der Waals surface area contributed by atoms with E-state index in [1.54, 1.807) is 0 Å². The van der Waals surface area contributed by atoms with Crippen molar-refractivity contribution in [1.82, 2.24) is 9.78 Å². The van der Waals surface area contributed by atoms with Gasteiger partial charge in [0.1, 0.15) is 0 Å². The minimum atomic E-state index is 1.09. The maximum Gasteiger partial charge on any atom is 0.0713 e. The van der Waals surface area contributed by atoms with Gasteiger partial charge in [-0.15, -0.1) is 0 Å². The van der Waals surface area contributed by atoms with Crippen molar-refractivity contribution in [3.63, 3.8) is 0 Å². The lowest BCUT2D eigenvalue weighted by molar-refractivity contribution is 0.774. The lowest BCUT2D eigenvalue weighted by atomic mass is 10.0. The summed E-state index contributed by atoms with van der Waals surface area (Å²) in [6.45, 7) is 4.35. The Kier molecular flexibility index (Phi) is 3.09. The molecule has 0 unspecified atom stereocenters. The van der Waals surface area contributed by atoms with Gasteiger partial charge in [0.05, 0.1) is 11.9 Å². The molecular formula is C14H18N2. The largest absolute Gasteiger partial charge is 0.268 e. The minimum Gasteiger partial charge on any atom is -0.268 e. The summed E-state index contributed by atoms with van der Waals surface area (Å²) in [5.41, 5.74) is 5.22. The van der Waals surface area contributed by atoms with E-state index in [2.05, 4.69) is 43.2 Å². The summed E-state index contributed by atoms with van der Waals surface area (Å²) >= 11 is 0. The Morgan fingerprint density at radius 3 is 2.69 bits per heavy atom. The van der Waals surface area contributed by atoms with Gasteiger partial charge >= 0.3 is 0 Å². The number of benzene rings is 1. The van der Waals surface area contributed by atoms with E-state index in [0.717, 1.165) is 12.8 Å². The maximum absolute atomic E-state index is 4.37. The monoisotopic (exact) mass is 214 g/mol. The van der Waals surface area contributed by atoms with Gasteiger partial charge < -0.3 is 0 Å². The van der Waals surface area contributed by atoms with E-state index in [-0.39, 0.29) is 0 Å². The molecule has 0 aliphatic carbocycles. The van der Waals surface area contributed by atoms with Crippen molar-refractivity contribution < 1.29 is 0 Å². The Bertz CT molecular complexity index is 483. The summed E-state index contributed by atoms with van der Waals surface area (Å²) in [6, 6.07) is 8.49. The maximum atomic E-state index is 4.37. The molecule has 0 fully saturated rings. The Hall–Kier alpha value is -1.57. The first-order valence-corrected chi connectivity index (χ1v) is 5.81. The fraction of sp³-hybridized carbons (Fsp3) is 0.357. The summed E-state index contributed by atoms with van der Waals surface area (Å²) in [5.74, 6) is 0. The van der Waals surface area contributed by atoms with Gasteiger partial charge in [-0.25, -0.2) is 0 Å². The van der Waals surface area contributed by atoms with Crippen LogP contribution in [-0.2, 0) is 13.5 Å². The lowest BCUT2D eigenvalue weighted by Crippen LogP contribution is -1.97. The Balaban J connectivity index is 2.54. The van der Waals surface area contributed by atoms with Gasteiger partial charge in [0.15, 0.2) is 0 Å². The fourth-order valence-electron chi connectivity index (χ4n) is 2.12. The Labute approximate surface area is 96.9 Å². The molecule has 0 N–H and O–H groups in total. The molecule has 0 saturated carbocycles. The molecule has 0 spiro atoms. The van der Waals surface area contributed by atoms with Gasteiger partial charge in [-0.2, -0.15) is 5.10 Å². The van der Waals surface area contributed by atoms with Crippen molar-refractivity contribution in [2.45, 2.75) is 26.7 Å². The summed E-state index contributed by atoms with van der Waals surface area (Å²) in [6.07, 6.45) is 4.24. The molecule has 0 bridgehead atoms. The van der Waals surface area contributed by atoms with Crippen LogP contribution in [0.5, 0.6) is 0 Å². The molecule has 2 aromatic rings. The molecule has 0 radical (unpaired) electrons. The molecule has 0 atom stereocenters. The standard InChI is InChI=1S/C14H18N2/c1-4-7-12-10-15-16(3)14(12)13-9-6-5-8-11(13)2/h5-6,8-10H,4,7H2,1-3H3. The molecular weight excluding hydrogens is 196 g/mol. The van der Waals surface area contributed by atoms with Crippen LogP contribution in [0.25, 0.3) is 11.3 Å². The number of nitrogens with zero attached hydrogens (tertiary/aromatic N) is 2. The average Bonchev–Trinajstić information content (AvgIpc) is 2.62. The quantitative estimate of drug-likeness (QED) is 0.766. The van der Waals surface area contributed by atoms with Gasteiger partial charge in [-0.3, -0.25) is 4.68 Å². The van der Waals surface area contributed by atoms with E-state index >= 15 is 0 Å². The summed E-state index contributed by atoms with van der Waals surface area (Å²) in [4.78, 5) is 0. The summed E-state index contributed by atoms with van der Waals surface area (Å²) in [5, 5.41) is 4.37. The minimum absolute atomic E-state index is 1.09. The van der Waals surface area contributed by atoms with E-state index in [1.807, 2.05) is 17.9 Å². The number of aromatic nitrogens is 2. The molecule has 2 nitrogen and oxygen atoms in total. The first-order valence-electron chi connectivity index (χ1n) is 5.81. The predicted molar refractivity (Wildman–Crippen MR) is 67.4 cm³/mol. The van der Waals surface area contributed by atoms with Crippen LogP contribution in [0.2, 0.25) is 0 Å². The highest BCUT2D eigenvalue weighted by Gasteiger charge is 2.11. The van der Waals surface area contributed by atoms with Gasteiger partial charge in [0.25, 0.3) is 0 Å². The van der Waals surface area contributed by atoms with Crippen LogP contribution in [0.15, 0.2) is 30.5 Å². The third kappa shape index (κ3) is 1.87. The number of aryl methyl sites for hydroxylation is 3. The first-order chi connectivity index (χ1) is 7.74. The van der Waals surface area contributed by atoms with Gasteiger partial charge in [-0.05, 0) is 24.5 Å². The van der Waals surface area contributed by atoms with Crippen molar-refractivity contribution in [3.05, 3.63) is 41.6 Å². The van der Waals surface area contributed by atoms with Crippen LogP contribution in [0.4, 0.5) is 0 Å². The van der Waals surface area contributed by atoms with Crippen molar-refractivity contribution in [2.75, 3.05) is 0 Å². The van der Waals surface area contributed by atoms with Crippen LogP contribution in [0.1, 0.15) is 24.5 Å². The smallest absolute Gasteiger partial charge is 0.0713 e. The molecule has 2 heteroatoms. The summed E-state index contributed by atoms with van der Waals surface area (Å²) in [7, 11) is 2.01. The highest BCUT2D eigenvalue weighted by molar-refractivity contribution is 5.66. The average molecular weight is 214 g/mol. The second kappa shape index (κ2) is 4.52. The molecule has 0 saturated heterocycles. The first kappa shape index (κ1) is 10.9. The zero-order valence-electron chi connectivity index (χ0n) is 10.2. The Morgan fingerprint density at radius 2 is 2.00 bits per heavy atom. The second-order valence-corrected chi connectivity index (χ2v) is 4.21. The van der Waals surface area contributed by atoms with Crippen LogP contribution >= 0.6 is 0 Å². The van der Waals surface area contributed by atoms with E-state index in [9.17, 15) is 0 Å². The van der Waals surface area contributed by atoms with Gasteiger partial charge in [0, 0.05) is 12.6 Å². The third-order valence-corrected chi connectivity index (χ3v) is 2.93. The summed E-state index contributed by atoms with van der Waals surface area (Å²) < 4.78 is 1.98. The zero-order valence-corrected chi connectivity index (χ0v) is 10.2. The lowest BCUT2D eigenvalue weighted by Gasteiger charge is -2.08. The SMILES string of the molecule is CCCc1cnn(C)c1-c1ccccc1C. The van der Waals surface area contributed by atoms with E-state index in [4.69, 9.17) is 0 Å². The normalized spacial score (nSPS) is 10.7. The molecule has 1 heterocycles. The van der Waals surface area contributed by atoms with Crippen molar-refractivity contribution >= 4 is 0 Å². The van der Waals surface area contributed by atoms with Crippen LogP contribution in [0, 0.1) is 6.92 Å².